The largest absolute Gasteiger partial charge is 0.456 e. The lowest BCUT2D eigenvalue weighted by Gasteiger charge is -2.07. The van der Waals surface area contributed by atoms with Crippen LogP contribution in [0.25, 0.3) is 33.1 Å². The van der Waals surface area contributed by atoms with Gasteiger partial charge >= 0.3 is 0 Å². The molecule has 4 aromatic rings. The molecule has 0 saturated carbocycles. The molecule has 0 aliphatic rings. The third-order valence-corrected chi connectivity index (χ3v) is 3.89. The molecule has 0 atom stereocenters. The van der Waals surface area contributed by atoms with E-state index in [1.807, 2.05) is 55.5 Å². The highest BCUT2D eigenvalue weighted by Crippen LogP contribution is 2.34. The number of aryl methyl sites for hydroxylation is 1. The Morgan fingerprint density at radius 1 is 0.810 bits per heavy atom. The molecule has 0 bridgehead atoms. The summed E-state index contributed by atoms with van der Waals surface area (Å²) in [6.45, 7) is 1.93. The van der Waals surface area contributed by atoms with Crippen molar-refractivity contribution < 1.29 is 8.81 Å². The van der Waals surface area contributed by atoms with Gasteiger partial charge < -0.3 is 4.42 Å². The van der Waals surface area contributed by atoms with Crippen LogP contribution in [-0.4, -0.2) is 0 Å². The molecule has 21 heavy (non-hydrogen) atoms. The Hall–Kier alpha value is -2.61. The summed E-state index contributed by atoms with van der Waals surface area (Å²) < 4.78 is 20.0. The fourth-order valence-electron chi connectivity index (χ4n) is 2.88. The molecule has 0 N–H and O–H groups in total. The van der Waals surface area contributed by atoms with Gasteiger partial charge in [0.05, 0.1) is 0 Å². The number of fused-ring (bicyclic) bond motifs is 3. The summed E-state index contributed by atoms with van der Waals surface area (Å²) in [6, 6.07) is 18.9. The van der Waals surface area contributed by atoms with E-state index in [2.05, 4.69) is 0 Å². The van der Waals surface area contributed by atoms with Gasteiger partial charge in [-0.25, -0.2) is 4.39 Å². The number of para-hydroxylation sites is 1. The van der Waals surface area contributed by atoms with Gasteiger partial charge in [0.2, 0.25) is 0 Å². The number of benzene rings is 3. The normalized spacial score (nSPS) is 11.3. The summed E-state index contributed by atoms with van der Waals surface area (Å²) in [6.07, 6.45) is 0. The van der Waals surface area contributed by atoms with E-state index in [1.54, 1.807) is 6.07 Å². The first-order valence-corrected chi connectivity index (χ1v) is 6.91. The van der Waals surface area contributed by atoms with Crippen molar-refractivity contribution in [3.8, 4) is 11.1 Å². The van der Waals surface area contributed by atoms with E-state index in [-0.39, 0.29) is 5.82 Å². The lowest BCUT2D eigenvalue weighted by Crippen LogP contribution is -1.88. The summed E-state index contributed by atoms with van der Waals surface area (Å²) in [7, 11) is 0. The summed E-state index contributed by atoms with van der Waals surface area (Å²) in [5.74, 6) is -0.192. The van der Waals surface area contributed by atoms with E-state index >= 15 is 0 Å². The van der Waals surface area contributed by atoms with Gasteiger partial charge in [-0.15, -0.1) is 0 Å². The molecule has 0 radical (unpaired) electrons. The van der Waals surface area contributed by atoms with Crippen molar-refractivity contribution in [2.45, 2.75) is 6.92 Å². The molecule has 102 valence electrons. The summed E-state index contributed by atoms with van der Waals surface area (Å²) in [5.41, 5.74) is 4.15. The maximum absolute atomic E-state index is 14.2. The fourth-order valence-corrected chi connectivity index (χ4v) is 2.88. The predicted molar refractivity (Wildman–Crippen MR) is 83.9 cm³/mol. The monoisotopic (exact) mass is 276 g/mol. The second-order valence-electron chi connectivity index (χ2n) is 5.24. The Bertz CT molecular complexity index is 946. The molecule has 1 heterocycles. The second kappa shape index (κ2) is 4.45. The highest BCUT2D eigenvalue weighted by molar-refractivity contribution is 6.06. The van der Waals surface area contributed by atoms with Gasteiger partial charge in [0.15, 0.2) is 0 Å². The van der Waals surface area contributed by atoms with Crippen molar-refractivity contribution in [1.29, 1.82) is 0 Å². The number of furan rings is 1. The van der Waals surface area contributed by atoms with E-state index in [1.165, 1.54) is 6.07 Å². The van der Waals surface area contributed by atoms with Crippen LogP contribution in [0.4, 0.5) is 4.39 Å². The molecule has 0 saturated heterocycles. The topological polar surface area (TPSA) is 13.1 Å². The van der Waals surface area contributed by atoms with Gasteiger partial charge in [-0.05, 0) is 42.3 Å². The molecule has 1 aromatic heterocycles. The molecule has 0 aliphatic heterocycles. The second-order valence-corrected chi connectivity index (χ2v) is 5.24. The van der Waals surface area contributed by atoms with Crippen LogP contribution < -0.4 is 0 Å². The van der Waals surface area contributed by atoms with Crippen LogP contribution in [-0.2, 0) is 0 Å². The Balaban J connectivity index is 2.05. The molecule has 0 spiro atoms. The zero-order valence-electron chi connectivity index (χ0n) is 11.6. The molecule has 2 heteroatoms. The smallest absolute Gasteiger partial charge is 0.135 e. The number of hydrogen-bond donors (Lipinski definition) is 0. The quantitative estimate of drug-likeness (QED) is 0.434. The van der Waals surface area contributed by atoms with Crippen molar-refractivity contribution in [1.82, 2.24) is 0 Å². The van der Waals surface area contributed by atoms with Gasteiger partial charge in [-0.1, -0.05) is 36.4 Å². The number of halogens is 1. The van der Waals surface area contributed by atoms with E-state index in [9.17, 15) is 4.39 Å². The lowest BCUT2D eigenvalue weighted by molar-refractivity contribution is 0.630. The van der Waals surface area contributed by atoms with Gasteiger partial charge in [-0.2, -0.15) is 0 Å². The average Bonchev–Trinajstić information content (AvgIpc) is 2.85. The van der Waals surface area contributed by atoms with Crippen molar-refractivity contribution in [2.24, 2.45) is 0 Å². The molecule has 0 aliphatic carbocycles. The lowest BCUT2D eigenvalue weighted by atomic mass is 9.98. The first-order chi connectivity index (χ1) is 10.2. The van der Waals surface area contributed by atoms with Gasteiger partial charge in [0.1, 0.15) is 17.0 Å². The molecule has 4 rings (SSSR count). The predicted octanol–water partition coefficient (Wildman–Crippen LogP) is 5.70. The Kier molecular flexibility index (Phi) is 2.58. The third kappa shape index (κ3) is 1.83. The molecule has 0 unspecified atom stereocenters. The van der Waals surface area contributed by atoms with Crippen LogP contribution in [0.2, 0.25) is 0 Å². The first-order valence-electron chi connectivity index (χ1n) is 6.91. The van der Waals surface area contributed by atoms with Crippen molar-refractivity contribution >= 4 is 21.9 Å². The maximum Gasteiger partial charge on any atom is 0.135 e. The highest BCUT2D eigenvalue weighted by atomic mass is 19.1. The highest BCUT2D eigenvalue weighted by Gasteiger charge is 2.11. The molecular formula is C19H13FO. The minimum atomic E-state index is -0.192. The molecular weight excluding hydrogens is 263 g/mol. The van der Waals surface area contributed by atoms with Crippen LogP contribution in [0, 0.1) is 12.7 Å². The van der Waals surface area contributed by atoms with Crippen LogP contribution >= 0.6 is 0 Å². The minimum absolute atomic E-state index is 0.192. The first kappa shape index (κ1) is 12.2. The van der Waals surface area contributed by atoms with E-state index < -0.39 is 0 Å². The summed E-state index contributed by atoms with van der Waals surface area (Å²) in [4.78, 5) is 0. The van der Waals surface area contributed by atoms with Crippen LogP contribution in [0.15, 0.2) is 65.1 Å². The maximum atomic E-state index is 14.2. The van der Waals surface area contributed by atoms with Crippen LogP contribution in [0.3, 0.4) is 0 Å². The Morgan fingerprint density at radius 3 is 2.48 bits per heavy atom. The fraction of sp³-hybridized carbons (Fsp3) is 0.0526. The molecule has 0 amide bonds. The summed E-state index contributed by atoms with van der Waals surface area (Å²) >= 11 is 0. The standard InChI is InChI=1S/C19H13FO/c1-12-5-4-7-16(20)19(12)13-9-10-18-15(11-13)14-6-2-3-8-17(14)21-18/h2-11H,1H3. The van der Waals surface area contributed by atoms with Gasteiger partial charge in [-0.3, -0.25) is 0 Å². The number of hydrogen-bond acceptors (Lipinski definition) is 1. The van der Waals surface area contributed by atoms with E-state index in [0.717, 1.165) is 33.1 Å². The molecule has 0 fully saturated rings. The Morgan fingerprint density at radius 2 is 1.62 bits per heavy atom. The van der Waals surface area contributed by atoms with Crippen molar-refractivity contribution in [3.63, 3.8) is 0 Å². The van der Waals surface area contributed by atoms with Crippen LogP contribution in [0.5, 0.6) is 0 Å². The van der Waals surface area contributed by atoms with E-state index in [0.29, 0.717) is 5.56 Å². The third-order valence-electron chi connectivity index (χ3n) is 3.89. The van der Waals surface area contributed by atoms with Crippen molar-refractivity contribution in [3.05, 3.63) is 72.0 Å². The van der Waals surface area contributed by atoms with Crippen LogP contribution in [0.1, 0.15) is 5.56 Å². The average molecular weight is 276 g/mol. The zero-order valence-corrected chi connectivity index (χ0v) is 11.6. The van der Waals surface area contributed by atoms with Crippen molar-refractivity contribution in [2.75, 3.05) is 0 Å². The van der Waals surface area contributed by atoms with Gasteiger partial charge in [0, 0.05) is 16.3 Å². The zero-order chi connectivity index (χ0) is 14.4. The van der Waals surface area contributed by atoms with Gasteiger partial charge in [0.25, 0.3) is 0 Å². The molecule has 3 aromatic carbocycles. The minimum Gasteiger partial charge on any atom is -0.456 e. The Labute approximate surface area is 121 Å². The summed E-state index contributed by atoms with van der Waals surface area (Å²) in [5, 5.41) is 2.08. The number of rotatable bonds is 1. The molecule has 1 nitrogen and oxygen atoms in total. The van der Waals surface area contributed by atoms with E-state index in [4.69, 9.17) is 4.42 Å². The SMILES string of the molecule is Cc1cccc(F)c1-c1ccc2oc3ccccc3c2c1.